The molecule has 2 aromatic heterocycles. The van der Waals surface area contributed by atoms with Crippen LogP contribution in [0.2, 0.25) is 0 Å². The van der Waals surface area contributed by atoms with Crippen molar-refractivity contribution in [2.75, 3.05) is 0 Å². The number of hydrogen-bond acceptors (Lipinski definition) is 10. The lowest BCUT2D eigenvalue weighted by Gasteiger charge is -1.99. The molecule has 0 aromatic carbocycles. The molecule has 14 nitrogen and oxygen atoms in total. The number of hydrogen-bond donors (Lipinski definition) is 0. The van der Waals surface area contributed by atoms with Gasteiger partial charge in [0.15, 0.2) is 0 Å². The molecule has 0 saturated heterocycles. The summed E-state index contributed by atoms with van der Waals surface area (Å²) in [4.78, 5) is 50.1. The van der Waals surface area contributed by atoms with Crippen molar-refractivity contribution in [1.29, 1.82) is 0 Å². The van der Waals surface area contributed by atoms with Crippen LogP contribution in [-0.4, -0.2) is 50.9 Å². The van der Waals surface area contributed by atoms with Crippen molar-refractivity contribution in [1.82, 2.24) is 29.5 Å². The standard InChI is InChI=1S/C12H14N8O6/c1-7(21)3-5-17-9(13-11(15-17)19(23)24)10-14-12(20(25)26)16-18(10)6-4-8(2)22/h3-6H2,1-2H3. The van der Waals surface area contributed by atoms with Crippen molar-refractivity contribution in [3.05, 3.63) is 20.2 Å². The molecule has 14 heteroatoms. The quantitative estimate of drug-likeness (QED) is 0.442. The summed E-state index contributed by atoms with van der Waals surface area (Å²) in [7, 11) is 0. The maximum Gasteiger partial charge on any atom is 0.491 e. The fourth-order valence-electron chi connectivity index (χ4n) is 1.98. The second-order valence-corrected chi connectivity index (χ2v) is 5.34. The minimum absolute atomic E-state index is 0.0250. The molecule has 0 amide bonds. The van der Waals surface area contributed by atoms with Gasteiger partial charge in [-0.1, -0.05) is 0 Å². The molecular weight excluding hydrogens is 352 g/mol. The summed E-state index contributed by atoms with van der Waals surface area (Å²) in [6.07, 6.45) is 0.0500. The van der Waals surface area contributed by atoms with Crippen molar-refractivity contribution in [2.24, 2.45) is 0 Å². The summed E-state index contributed by atoms with van der Waals surface area (Å²) in [5.41, 5.74) is 0. The smallest absolute Gasteiger partial charge is 0.390 e. The molecule has 2 heterocycles. The Balaban J connectivity index is 2.53. The molecule has 0 fully saturated rings. The predicted octanol–water partition coefficient (Wildman–Crippen LogP) is 0.311. The van der Waals surface area contributed by atoms with Gasteiger partial charge in [-0.25, -0.2) is 0 Å². The van der Waals surface area contributed by atoms with E-state index in [1.807, 2.05) is 0 Å². The lowest BCUT2D eigenvalue weighted by atomic mass is 10.3. The van der Waals surface area contributed by atoms with Crippen LogP contribution in [0.1, 0.15) is 26.7 Å². The third kappa shape index (κ3) is 4.28. The normalized spacial score (nSPS) is 10.7. The number of Topliss-reactive ketones (excluding diaryl/α,β-unsaturated/α-hetero) is 2. The Hall–Kier alpha value is -3.58. The summed E-state index contributed by atoms with van der Waals surface area (Å²) in [5, 5.41) is 29.3. The van der Waals surface area contributed by atoms with Crippen LogP contribution < -0.4 is 0 Å². The number of nitrogens with zero attached hydrogens (tertiary/aromatic N) is 8. The number of nitro groups is 2. The van der Waals surface area contributed by atoms with E-state index >= 15 is 0 Å². The molecular formula is C12H14N8O6. The van der Waals surface area contributed by atoms with E-state index in [2.05, 4.69) is 20.2 Å². The van der Waals surface area contributed by atoms with E-state index in [0.29, 0.717) is 0 Å². The van der Waals surface area contributed by atoms with Gasteiger partial charge in [0, 0.05) is 23.0 Å². The van der Waals surface area contributed by atoms with Crippen LogP contribution in [0.4, 0.5) is 11.9 Å². The number of carbonyl (C=O) groups excluding carboxylic acids is 2. The summed E-state index contributed by atoms with van der Waals surface area (Å²) < 4.78 is 2.13. The fourth-order valence-corrected chi connectivity index (χ4v) is 1.98. The maximum absolute atomic E-state index is 11.2. The first-order valence-electron chi connectivity index (χ1n) is 7.36. The first-order valence-corrected chi connectivity index (χ1v) is 7.36. The van der Waals surface area contributed by atoms with E-state index in [9.17, 15) is 29.8 Å². The van der Waals surface area contributed by atoms with Gasteiger partial charge in [-0.3, -0.25) is 9.59 Å². The Kier molecular flexibility index (Phi) is 5.44. The summed E-state index contributed by atoms with van der Waals surface area (Å²) >= 11 is 0. The van der Waals surface area contributed by atoms with Gasteiger partial charge in [-0.05, 0) is 33.7 Å². The number of rotatable bonds is 9. The van der Waals surface area contributed by atoms with Crippen LogP contribution in [0.15, 0.2) is 0 Å². The minimum atomic E-state index is -0.835. The number of aryl methyl sites for hydroxylation is 2. The van der Waals surface area contributed by atoms with Crippen LogP contribution in [-0.2, 0) is 22.7 Å². The molecule has 0 aliphatic heterocycles. The van der Waals surface area contributed by atoms with Gasteiger partial charge >= 0.3 is 23.5 Å². The third-order valence-corrected chi connectivity index (χ3v) is 3.20. The molecule has 0 unspecified atom stereocenters. The largest absolute Gasteiger partial charge is 0.491 e. The van der Waals surface area contributed by atoms with E-state index in [0.717, 1.165) is 9.36 Å². The molecule has 0 radical (unpaired) electrons. The van der Waals surface area contributed by atoms with Gasteiger partial charge < -0.3 is 20.2 Å². The van der Waals surface area contributed by atoms with Crippen LogP contribution >= 0.6 is 0 Å². The Labute approximate surface area is 145 Å². The molecule has 0 bridgehead atoms. The predicted molar refractivity (Wildman–Crippen MR) is 82.9 cm³/mol. The van der Waals surface area contributed by atoms with Gasteiger partial charge in [-0.2, -0.15) is 9.36 Å². The van der Waals surface area contributed by atoms with Crippen molar-refractivity contribution in [2.45, 2.75) is 39.8 Å². The van der Waals surface area contributed by atoms with Crippen LogP contribution in [0.5, 0.6) is 0 Å². The minimum Gasteiger partial charge on any atom is -0.390 e. The van der Waals surface area contributed by atoms with Crippen molar-refractivity contribution in [3.8, 4) is 11.6 Å². The highest BCUT2D eigenvalue weighted by Crippen LogP contribution is 2.21. The second-order valence-electron chi connectivity index (χ2n) is 5.34. The van der Waals surface area contributed by atoms with Crippen molar-refractivity contribution >= 4 is 23.5 Å². The first-order chi connectivity index (χ1) is 12.2. The average molecular weight is 366 g/mol. The van der Waals surface area contributed by atoms with E-state index < -0.39 is 21.7 Å². The maximum atomic E-state index is 11.2. The topological polar surface area (TPSA) is 182 Å². The molecule has 2 rings (SSSR count). The van der Waals surface area contributed by atoms with E-state index in [4.69, 9.17) is 0 Å². The zero-order valence-electron chi connectivity index (χ0n) is 13.9. The molecule has 138 valence electrons. The van der Waals surface area contributed by atoms with Gasteiger partial charge in [0.1, 0.15) is 11.6 Å². The molecule has 0 spiro atoms. The fraction of sp³-hybridized carbons (Fsp3) is 0.500. The zero-order valence-corrected chi connectivity index (χ0v) is 13.9. The monoisotopic (exact) mass is 366 g/mol. The third-order valence-electron chi connectivity index (χ3n) is 3.20. The Morgan fingerprint density at radius 3 is 1.46 bits per heavy atom. The lowest BCUT2D eigenvalue weighted by molar-refractivity contribution is -0.394. The number of aromatic nitrogens is 6. The Morgan fingerprint density at radius 2 is 1.19 bits per heavy atom. The van der Waals surface area contributed by atoms with Crippen LogP contribution in [0.3, 0.4) is 0 Å². The SMILES string of the molecule is CC(=O)CCn1nc([N+](=O)[O-])nc1-c1nc([N+](=O)[O-])nn1CCC(C)=O. The Morgan fingerprint density at radius 1 is 0.846 bits per heavy atom. The van der Waals surface area contributed by atoms with Gasteiger partial charge in [-0.15, -0.1) is 0 Å². The van der Waals surface area contributed by atoms with E-state index in [-0.39, 0.29) is 49.1 Å². The molecule has 0 atom stereocenters. The van der Waals surface area contributed by atoms with Crippen molar-refractivity contribution < 1.29 is 19.4 Å². The highest BCUT2D eigenvalue weighted by atomic mass is 16.6. The summed E-state index contributed by atoms with van der Waals surface area (Å²) in [5.74, 6) is -2.15. The molecule has 0 N–H and O–H groups in total. The Bertz CT molecular complexity index is 812. The second kappa shape index (κ2) is 7.54. The molecule has 0 aliphatic carbocycles. The highest BCUT2D eigenvalue weighted by Gasteiger charge is 2.33. The lowest BCUT2D eigenvalue weighted by Crippen LogP contribution is -2.11. The zero-order chi connectivity index (χ0) is 19.4. The van der Waals surface area contributed by atoms with Gasteiger partial charge in [0.05, 0.1) is 13.1 Å². The van der Waals surface area contributed by atoms with Crippen molar-refractivity contribution in [3.63, 3.8) is 0 Å². The first kappa shape index (κ1) is 18.8. The highest BCUT2D eigenvalue weighted by molar-refractivity contribution is 5.75. The molecule has 0 aliphatic rings. The molecule has 26 heavy (non-hydrogen) atoms. The average Bonchev–Trinajstić information content (AvgIpc) is 3.14. The van der Waals surface area contributed by atoms with E-state index in [1.54, 1.807) is 0 Å². The number of ketones is 2. The van der Waals surface area contributed by atoms with E-state index in [1.165, 1.54) is 13.8 Å². The summed E-state index contributed by atoms with van der Waals surface area (Å²) in [6.45, 7) is 2.62. The van der Waals surface area contributed by atoms with Crippen LogP contribution in [0.25, 0.3) is 11.6 Å². The molecule has 0 saturated carbocycles. The van der Waals surface area contributed by atoms with Crippen LogP contribution in [0, 0.1) is 20.2 Å². The van der Waals surface area contributed by atoms with Gasteiger partial charge in [0.2, 0.25) is 0 Å². The molecule has 2 aromatic rings. The number of carbonyl (C=O) groups is 2. The van der Waals surface area contributed by atoms with Gasteiger partial charge in [0.25, 0.3) is 0 Å². The summed E-state index contributed by atoms with van der Waals surface area (Å²) in [6, 6.07) is 0.